The average Bonchev–Trinajstić information content (AvgIpc) is 2.65. The third-order valence-electron chi connectivity index (χ3n) is 3.78. The number of benzene rings is 2. The van der Waals surface area contributed by atoms with Crippen LogP contribution in [0.25, 0.3) is 0 Å². The number of ketones is 1. The molecule has 0 unspecified atom stereocenters. The lowest BCUT2D eigenvalue weighted by molar-refractivity contribution is -0.147. The fourth-order valence-corrected chi connectivity index (χ4v) is 2.39. The van der Waals surface area contributed by atoms with Gasteiger partial charge in [-0.2, -0.15) is 0 Å². The van der Waals surface area contributed by atoms with Gasteiger partial charge in [-0.15, -0.1) is 0 Å². The molecule has 0 aliphatic carbocycles. The zero-order chi connectivity index (χ0) is 20.5. The number of hydrogen-bond acceptors (Lipinski definition) is 5. The van der Waals surface area contributed by atoms with Crippen molar-refractivity contribution in [2.75, 3.05) is 17.2 Å². The Kier molecular flexibility index (Phi) is 7.45. The van der Waals surface area contributed by atoms with E-state index >= 15 is 0 Å². The van der Waals surface area contributed by atoms with E-state index in [2.05, 4.69) is 10.6 Å². The van der Waals surface area contributed by atoms with Crippen LogP contribution in [0.4, 0.5) is 11.4 Å². The minimum absolute atomic E-state index is 0.0946. The molecule has 0 aliphatic rings. The van der Waals surface area contributed by atoms with E-state index in [1.54, 1.807) is 36.4 Å². The second-order valence-electron chi connectivity index (χ2n) is 6.26. The molecule has 0 fully saturated rings. The Morgan fingerprint density at radius 1 is 0.857 bits per heavy atom. The molecule has 2 amide bonds. The Morgan fingerprint density at radius 2 is 1.50 bits per heavy atom. The van der Waals surface area contributed by atoms with Crippen molar-refractivity contribution in [1.29, 1.82) is 0 Å². The van der Waals surface area contributed by atoms with Crippen LogP contribution < -0.4 is 10.6 Å². The highest BCUT2D eigenvalue weighted by Gasteiger charge is 2.11. The van der Waals surface area contributed by atoms with Gasteiger partial charge in [0.05, 0.1) is 6.42 Å². The van der Waals surface area contributed by atoms with Gasteiger partial charge in [-0.25, -0.2) is 0 Å². The summed E-state index contributed by atoms with van der Waals surface area (Å²) in [4.78, 5) is 46.8. The molecule has 0 heterocycles. The van der Waals surface area contributed by atoms with Gasteiger partial charge < -0.3 is 15.4 Å². The predicted octanol–water partition coefficient (Wildman–Crippen LogP) is 3.10. The number of rotatable bonds is 8. The van der Waals surface area contributed by atoms with E-state index in [1.165, 1.54) is 6.92 Å². The summed E-state index contributed by atoms with van der Waals surface area (Å²) in [7, 11) is 0. The standard InChI is InChI=1S/C21H22N2O5/c1-14-5-3-7-17(11-14)23-20(26)13-28-21(27)10-9-19(25)22-18-8-4-6-16(12-18)15(2)24/h3-8,11-12H,9-10,13H2,1-2H3,(H,22,25)(H,23,26). The highest BCUT2D eigenvalue weighted by Crippen LogP contribution is 2.12. The smallest absolute Gasteiger partial charge is 0.306 e. The van der Waals surface area contributed by atoms with E-state index in [0.717, 1.165) is 5.56 Å². The number of aryl methyl sites for hydroxylation is 1. The molecule has 0 bridgehead atoms. The van der Waals surface area contributed by atoms with Gasteiger partial charge in [0.15, 0.2) is 12.4 Å². The maximum Gasteiger partial charge on any atom is 0.306 e. The molecule has 2 aromatic carbocycles. The predicted molar refractivity (Wildman–Crippen MR) is 105 cm³/mol. The van der Waals surface area contributed by atoms with Crippen LogP contribution >= 0.6 is 0 Å². The molecule has 0 saturated carbocycles. The van der Waals surface area contributed by atoms with E-state index < -0.39 is 18.5 Å². The number of carbonyl (C=O) groups is 4. The van der Waals surface area contributed by atoms with Crippen LogP contribution in [0.15, 0.2) is 48.5 Å². The lowest BCUT2D eigenvalue weighted by atomic mass is 10.1. The summed E-state index contributed by atoms with van der Waals surface area (Å²) in [5.74, 6) is -1.60. The number of esters is 1. The molecule has 0 saturated heterocycles. The van der Waals surface area contributed by atoms with Crippen LogP contribution in [0.3, 0.4) is 0 Å². The lowest BCUT2D eigenvalue weighted by Gasteiger charge is -2.08. The third-order valence-corrected chi connectivity index (χ3v) is 3.78. The monoisotopic (exact) mass is 382 g/mol. The lowest BCUT2D eigenvalue weighted by Crippen LogP contribution is -2.21. The number of ether oxygens (including phenoxy) is 1. The highest BCUT2D eigenvalue weighted by molar-refractivity contribution is 5.97. The number of nitrogens with one attached hydrogen (secondary N) is 2. The molecule has 0 atom stereocenters. The Hall–Kier alpha value is -3.48. The van der Waals surface area contributed by atoms with Crippen LogP contribution in [0.1, 0.15) is 35.7 Å². The minimum Gasteiger partial charge on any atom is -0.456 e. The second-order valence-corrected chi connectivity index (χ2v) is 6.26. The molecule has 2 aromatic rings. The number of Topliss-reactive ketones (excluding diaryl/α,β-unsaturated/α-hetero) is 1. The topological polar surface area (TPSA) is 102 Å². The van der Waals surface area contributed by atoms with Gasteiger partial charge in [0, 0.05) is 23.4 Å². The van der Waals surface area contributed by atoms with Crippen molar-refractivity contribution in [3.63, 3.8) is 0 Å². The molecular weight excluding hydrogens is 360 g/mol. The first kappa shape index (κ1) is 20.8. The zero-order valence-electron chi connectivity index (χ0n) is 15.8. The van der Waals surface area contributed by atoms with Gasteiger partial charge in [0.1, 0.15) is 0 Å². The Bertz CT molecular complexity index is 892. The van der Waals surface area contributed by atoms with Crippen molar-refractivity contribution in [3.05, 3.63) is 59.7 Å². The fraction of sp³-hybridized carbons (Fsp3) is 0.238. The summed E-state index contributed by atoms with van der Waals surface area (Å²) in [6.45, 7) is 2.91. The van der Waals surface area contributed by atoms with E-state index in [-0.39, 0.29) is 24.5 Å². The molecule has 146 valence electrons. The zero-order valence-corrected chi connectivity index (χ0v) is 15.8. The first-order valence-corrected chi connectivity index (χ1v) is 8.76. The summed E-state index contributed by atoms with van der Waals surface area (Å²) < 4.78 is 4.88. The van der Waals surface area contributed by atoms with E-state index in [9.17, 15) is 19.2 Å². The van der Waals surface area contributed by atoms with Crippen molar-refractivity contribution < 1.29 is 23.9 Å². The van der Waals surface area contributed by atoms with Crippen LogP contribution in [0, 0.1) is 6.92 Å². The summed E-state index contributed by atoms with van der Waals surface area (Å²) >= 11 is 0. The number of hydrogen-bond donors (Lipinski definition) is 2. The fourth-order valence-electron chi connectivity index (χ4n) is 2.39. The van der Waals surface area contributed by atoms with Crippen LogP contribution in [0.5, 0.6) is 0 Å². The third kappa shape index (κ3) is 7.03. The minimum atomic E-state index is -0.646. The maximum absolute atomic E-state index is 11.9. The molecule has 0 spiro atoms. The molecule has 0 radical (unpaired) electrons. The van der Waals surface area contributed by atoms with Crippen molar-refractivity contribution in [3.8, 4) is 0 Å². The van der Waals surface area contributed by atoms with Crippen LogP contribution in [0.2, 0.25) is 0 Å². The molecule has 28 heavy (non-hydrogen) atoms. The highest BCUT2D eigenvalue weighted by atomic mass is 16.5. The molecule has 0 aliphatic heterocycles. The molecular formula is C21H22N2O5. The quantitative estimate of drug-likeness (QED) is 0.540. The van der Waals surface area contributed by atoms with Crippen molar-refractivity contribution in [1.82, 2.24) is 0 Å². The van der Waals surface area contributed by atoms with Gasteiger partial charge in [0.25, 0.3) is 5.91 Å². The van der Waals surface area contributed by atoms with Crippen molar-refractivity contribution >= 4 is 34.9 Å². The van der Waals surface area contributed by atoms with Gasteiger partial charge in [-0.3, -0.25) is 19.2 Å². The van der Waals surface area contributed by atoms with Crippen molar-refractivity contribution in [2.45, 2.75) is 26.7 Å². The average molecular weight is 382 g/mol. The van der Waals surface area contributed by atoms with E-state index in [4.69, 9.17) is 4.74 Å². The summed E-state index contributed by atoms with van der Waals surface area (Å²) in [6.07, 6.45) is -0.251. The van der Waals surface area contributed by atoms with Crippen molar-refractivity contribution in [2.24, 2.45) is 0 Å². The number of amides is 2. The number of carbonyl (C=O) groups excluding carboxylic acids is 4. The van der Waals surface area contributed by atoms with E-state index in [0.29, 0.717) is 16.9 Å². The summed E-state index contributed by atoms with van der Waals surface area (Å²) in [6, 6.07) is 13.8. The number of anilines is 2. The molecule has 2 N–H and O–H groups in total. The summed E-state index contributed by atoms with van der Waals surface area (Å²) in [5.41, 5.74) is 2.57. The van der Waals surface area contributed by atoms with Crippen LogP contribution in [-0.2, 0) is 19.1 Å². The first-order chi connectivity index (χ1) is 13.3. The largest absolute Gasteiger partial charge is 0.456 e. The van der Waals surface area contributed by atoms with Gasteiger partial charge in [-0.1, -0.05) is 24.3 Å². The first-order valence-electron chi connectivity index (χ1n) is 8.76. The van der Waals surface area contributed by atoms with Crippen LogP contribution in [-0.4, -0.2) is 30.2 Å². The normalized spacial score (nSPS) is 10.1. The van der Waals surface area contributed by atoms with E-state index in [1.807, 2.05) is 19.1 Å². The molecule has 2 rings (SSSR count). The molecule has 0 aromatic heterocycles. The molecule has 7 nitrogen and oxygen atoms in total. The van der Waals surface area contributed by atoms with Gasteiger partial charge in [0.2, 0.25) is 5.91 Å². The molecule has 7 heteroatoms. The second kappa shape index (κ2) is 10.0. The Morgan fingerprint density at radius 3 is 2.18 bits per heavy atom. The summed E-state index contributed by atoms with van der Waals surface area (Å²) in [5, 5.41) is 5.24. The Balaban J connectivity index is 1.71. The SMILES string of the molecule is CC(=O)c1cccc(NC(=O)CCC(=O)OCC(=O)Nc2cccc(C)c2)c1. The maximum atomic E-state index is 11.9. The Labute approximate surface area is 163 Å². The van der Waals surface area contributed by atoms with Gasteiger partial charge >= 0.3 is 5.97 Å². The van der Waals surface area contributed by atoms with Gasteiger partial charge in [-0.05, 0) is 43.7 Å².